The lowest BCUT2D eigenvalue weighted by Crippen LogP contribution is -2.29. The van der Waals surface area contributed by atoms with Crippen LogP contribution in [0.15, 0.2) is 65.8 Å². The molecule has 3 aromatic carbocycles. The number of hydrazone groups is 1. The van der Waals surface area contributed by atoms with Gasteiger partial charge in [-0.3, -0.25) is 9.59 Å². The number of nitrogens with one attached hydrogen (secondary N) is 2. The SMILES string of the molecule is COc1ccc(C(=O)NCCC(=O)NN=Cc2c(O)ccc3ccccc23)cc1. The second-order valence-electron chi connectivity index (χ2n) is 6.25. The van der Waals surface area contributed by atoms with E-state index in [-0.39, 0.29) is 30.5 Å². The van der Waals surface area contributed by atoms with Gasteiger partial charge in [-0.2, -0.15) is 5.10 Å². The molecule has 0 aliphatic carbocycles. The maximum absolute atomic E-state index is 12.0. The van der Waals surface area contributed by atoms with Crippen LogP contribution in [0.5, 0.6) is 11.5 Å². The maximum atomic E-state index is 12.0. The molecule has 0 unspecified atom stereocenters. The maximum Gasteiger partial charge on any atom is 0.251 e. The molecule has 29 heavy (non-hydrogen) atoms. The molecule has 0 aliphatic rings. The molecule has 0 aliphatic heterocycles. The minimum Gasteiger partial charge on any atom is -0.507 e. The zero-order chi connectivity index (χ0) is 20.6. The van der Waals surface area contributed by atoms with Gasteiger partial charge in [0, 0.05) is 24.1 Å². The molecule has 7 nitrogen and oxygen atoms in total. The Balaban J connectivity index is 1.50. The zero-order valence-corrected chi connectivity index (χ0v) is 15.9. The third-order valence-electron chi connectivity index (χ3n) is 4.32. The average Bonchev–Trinajstić information content (AvgIpc) is 2.75. The summed E-state index contributed by atoms with van der Waals surface area (Å²) in [6.45, 7) is 0.172. The predicted molar refractivity (Wildman–Crippen MR) is 111 cm³/mol. The number of methoxy groups -OCH3 is 1. The standard InChI is InChI=1S/C22H21N3O4/c1-29-17-9-6-16(7-10-17)22(28)23-13-12-21(27)25-24-14-19-18-5-3-2-4-15(18)8-11-20(19)26/h2-11,14,26H,12-13H2,1H3,(H,23,28)(H,25,27). The first-order chi connectivity index (χ1) is 14.1. The Bertz CT molecular complexity index is 1050. The number of benzene rings is 3. The van der Waals surface area contributed by atoms with Crippen molar-refractivity contribution >= 4 is 28.8 Å². The summed E-state index contributed by atoms with van der Waals surface area (Å²) in [7, 11) is 1.55. The normalized spacial score (nSPS) is 10.8. The largest absolute Gasteiger partial charge is 0.507 e. The molecule has 0 spiro atoms. The van der Waals surface area contributed by atoms with E-state index in [2.05, 4.69) is 15.8 Å². The summed E-state index contributed by atoms with van der Waals surface area (Å²) in [4.78, 5) is 24.0. The number of carbonyl (C=O) groups is 2. The molecule has 2 amide bonds. The van der Waals surface area contributed by atoms with Crippen LogP contribution in [0, 0.1) is 0 Å². The van der Waals surface area contributed by atoms with Crippen molar-refractivity contribution in [3.05, 3.63) is 71.8 Å². The van der Waals surface area contributed by atoms with Gasteiger partial charge in [-0.15, -0.1) is 0 Å². The second-order valence-corrected chi connectivity index (χ2v) is 6.25. The number of rotatable bonds is 7. The van der Waals surface area contributed by atoms with E-state index in [1.807, 2.05) is 30.3 Å². The summed E-state index contributed by atoms with van der Waals surface area (Å²) in [5.41, 5.74) is 3.41. The molecular formula is C22H21N3O4. The third kappa shape index (κ3) is 5.10. The van der Waals surface area contributed by atoms with Crippen molar-refractivity contribution in [2.24, 2.45) is 5.10 Å². The molecule has 148 valence electrons. The number of carbonyl (C=O) groups excluding carboxylic acids is 2. The van der Waals surface area contributed by atoms with Crippen LogP contribution in [0.1, 0.15) is 22.3 Å². The van der Waals surface area contributed by atoms with Gasteiger partial charge in [0.25, 0.3) is 5.91 Å². The summed E-state index contributed by atoms with van der Waals surface area (Å²) < 4.78 is 5.05. The van der Waals surface area contributed by atoms with E-state index in [0.29, 0.717) is 16.9 Å². The van der Waals surface area contributed by atoms with E-state index >= 15 is 0 Å². The van der Waals surface area contributed by atoms with Gasteiger partial charge in [-0.05, 0) is 41.1 Å². The van der Waals surface area contributed by atoms with Gasteiger partial charge in [0.1, 0.15) is 11.5 Å². The molecule has 0 heterocycles. The summed E-state index contributed by atoms with van der Waals surface area (Å²) >= 11 is 0. The fourth-order valence-electron chi connectivity index (χ4n) is 2.78. The van der Waals surface area contributed by atoms with Gasteiger partial charge in [0.2, 0.25) is 5.91 Å². The number of amides is 2. The highest BCUT2D eigenvalue weighted by Gasteiger charge is 2.07. The second kappa shape index (κ2) is 9.36. The van der Waals surface area contributed by atoms with E-state index in [1.165, 1.54) is 6.21 Å². The first-order valence-corrected chi connectivity index (χ1v) is 9.03. The number of nitrogens with zero attached hydrogens (tertiary/aromatic N) is 1. The summed E-state index contributed by atoms with van der Waals surface area (Å²) in [6.07, 6.45) is 1.48. The molecule has 0 fully saturated rings. The highest BCUT2D eigenvalue weighted by Crippen LogP contribution is 2.25. The number of phenolic OH excluding ortho intramolecular Hbond substituents is 1. The minimum absolute atomic E-state index is 0.0702. The Hall–Kier alpha value is -3.87. The van der Waals surface area contributed by atoms with Crippen molar-refractivity contribution in [3.63, 3.8) is 0 Å². The van der Waals surface area contributed by atoms with Gasteiger partial charge < -0.3 is 15.2 Å². The number of hydrogen-bond acceptors (Lipinski definition) is 5. The first-order valence-electron chi connectivity index (χ1n) is 9.03. The lowest BCUT2D eigenvalue weighted by atomic mass is 10.0. The number of ether oxygens (including phenoxy) is 1. The Morgan fingerprint density at radius 2 is 1.83 bits per heavy atom. The van der Waals surface area contributed by atoms with Gasteiger partial charge in [-0.25, -0.2) is 5.43 Å². The molecule has 0 atom stereocenters. The van der Waals surface area contributed by atoms with Gasteiger partial charge in [0.15, 0.2) is 0 Å². The summed E-state index contributed by atoms with van der Waals surface area (Å²) in [5, 5.41) is 18.4. The van der Waals surface area contributed by atoms with Crippen molar-refractivity contribution in [2.75, 3.05) is 13.7 Å². The van der Waals surface area contributed by atoms with Gasteiger partial charge >= 0.3 is 0 Å². The molecule has 0 radical (unpaired) electrons. The molecule has 7 heteroatoms. The highest BCUT2D eigenvalue weighted by molar-refractivity contribution is 6.02. The third-order valence-corrected chi connectivity index (χ3v) is 4.32. The van der Waals surface area contributed by atoms with Gasteiger partial charge in [-0.1, -0.05) is 30.3 Å². The number of phenols is 1. The Labute approximate surface area is 168 Å². The molecule has 0 aromatic heterocycles. The topological polar surface area (TPSA) is 100 Å². The molecular weight excluding hydrogens is 370 g/mol. The lowest BCUT2D eigenvalue weighted by molar-refractivity contribution is -0.120. The number of aromatic hydroxyl groups is 1. The van der Waals surface area contributed by atoms with Crippen LogP contribution in [0.2, 0.25) is 0 Å². The Morgan fingerprint density at radius 3 is 2.59 bits per heavy atom. The smallest absolute Gasteiger partial charge is 0.251 e. The lowest BCUT2D eigenvalue weighted by Gasteiger charge is -2.06. The fraction of sp³-hybridized carbons (Fsp3) is 0.136. The molecule has 3 aromatic rings. The van der Waals surface area contributed by atoms with Gasteiger partial charge in [0.05, 0.1) is 13.3 Å². The predicted octanol–water partition coefficient (Wildman–Crippen LogP) is 2.82. The van der Waals surface area contributed by atoms with E-state index in [1.54, 1.807) is 37.4 Å². The Kier molecular flexibility index (Phi) is 6.42. The quantitative estimate of drug-likeness (QED) is 0.426. The summed E-state index contributed by atoms with van der Waals surface area (Å²) in [5.74, 6) is 0.116. The van der Waals surface area contributed by atoms with Crippen LogP contribution >= 0.6 is 0 Å². The van der Waals surface area contributed by atoms with Crippen LogP contribution in [0.25, 0.3) is 10.8 Å². The van der Waals surface area contributed by atoms with Crippen LogP contribution in [-0.2, 0) is 4.79 Å². The van der Waals surface area contributed by atoms with Crippen LogP contribution in [-0.4, -0.2) is 36.8 Å². The van der Waals surface area contributed by atoms with Crippen molar-refractivity contribution in [1.29, 1.82) is 0 Å². The monoisotopic (exact) mass is 391 g/mol. The van der Waals surface area contributed by atoms with Crippen molar-refractivity contribution in [3.8, 4) is 11.5 Å². The van der Waals surface area contributed by atoms with Crippen LogP contribution in [0.3, 0.4) is 0 Å². The average molecular weight is 391 g/mol. The molecule has 0 saturated carbocycles. The minimum atomic E-state index is -0.351. The zero-order valence-electron chi connectivity index (χ0n) is 15.9. The van der Waals surface area contributed by atoms with Crippen molar-refractivity contribution in [1.82, 2.24) is 10.7 Å². The summed E-state index contributed by atoms with van der Waals surface area (Å²) in [6, 6.07) is 17.6. The number of fused-ring (bicyclic) bond motifs is 1. The molecule has 3 N–H and O–H groups in total. The van der Waals surface area contributed by atoms with E-state index in [4.69, 9.17) is 4.74 Å². The van der Waals surface area contributed by atoms with Crippen molar-refractivity contribution in [2.45, 2.75) is 6.42 Å². The van der Waals surface area contributed by atoms with E-state index in [0.717, 1.165) is 10.8 Å². The van der Waals surface area contributed by atoms with E-state index < -0.39 is 0 Å². The highest BCUT2D eigenvalue weighted by atomic mass is 16.5. The molecule has 0 bridgehead atoms. The van der Waals surface area contributed by atoms with E-state index in [9.17, 15) is 14.7 Å². The van der Waals surface area contributed by atoms with Crippen LogP contribution in [0.4, 0.5) is 0 Å². The fourth-order valence-corrected chi connectivity index (χ4v) is 2.78. The first kappa shape index (κ1) is 19.9. The van der Waals surface area contributed by atoms with Crippen molar-refractivity contribution < 1.29 is 19.4 Å². The molecule has 0 saturated heterocycles. The molecule has 3 rings (SSSR count). The Morgan fingerprint density at radius 1 is 1.07 bits per heavy atom. The number of hydrogen-bond donors (Lipinski definition) is 3. The van der Waals surface area contributed by atoms with Crippen LogP contribution < -0.4 is 15.5 Å².